The molecule has 0 spiro atoms. The second-order valence-corrected chi connectivity index (χ2v) is 10.7. The van der Waals surface area contributed by atoms with Crippen molar-refractivity contribution in [1.29, 1.82) is 0 Å². The fourth-order valence-corrected chi connectivity index (χ4v) is 5.29. The Hall–Kier alpha value is -3.31. The number of aliphatic hydroxyl groups excluding tert-OH is 4. The molecule has 0 aliphatic carbocycles. The lowest BCUT2D eigenvalue weighted by molar-refractivity contribution is -0.350. The van der Waals surface area contributed by atoms with E-state index in [0.717, 1.165) is 6.08 Å². The van der Waals surface area contributed by atoms with Crippen molar-refractivity contribution < 1.29 is 69.3 Å². The molecule has 0 radical (unpaired) electrons. The third-order valence-electron chi connectivity index (χ3n) is 7.79. The Morgan fingerprint density at radius 2 is 1.56 bits per heavy atom. The topological polar surface area (TPSA) is 225 Å². The SMILES string of the molecule is C[C@@H]1O[C@@H](OC[C@@H]2O[C@@H]3OC[C@@H](c4ccc(O)c(O)c4)O[C@@H]3[C@H](O)[C@H]2C(=O)/C=C/c2ccc(O)c(O)c2)[C@H](O)[C@H](O)[C@H]1O. The molecule has 3 saturated heterocycles. The minimum atomic E-state index is -1.61. The van der Waals surface area contributed by atoms with E-state index in [2.05, 4.69) is 0 Å². The van der Waals surface area contributed by atoms with Crippen LogP contribution in [-0.2, 0) is 28.5 Å². The zero-order valence-electron chi connectivity index (χ0n) is 22.9. The highest BCUT2D eigenvalue weighted by molar-refractivity contribution is 5.96. The molecule has 3 aliphatic heterocycles. The molecular weight excluding hydrogens is 572 g/mol. The number of hydrogen-bond acceptors (Lipinski definition) is 14. The monoisotopic (exact) mass is 606 g/mol. The Morgan fingerprint density at radius 3 is 2.26 bits per heavy atom. The maximum Gasteiger partial charge on any atom is 0.186 e. The van der Waals surface area contributed by atoms with Crippen LogP contribution in [0.5, 0.6) is 23.0 Å². The summed E-state index contributed by atoms with van der Waals surface area (Å²) in [7, 11) is 0. The van der Waals surface area contributed by atoms with Crippen molar-refractivity contribution in [3.8, 4) is 23.0 Å². The summed E-state index contributed by atoms with van der Waals surface area (Å²) in [5.74, 6) is -3.35. The van der Waals surface area contributed by atoms with Crippen molar-refractivity contribution >= 4 is 11.9 Å². The molecule has 0 unspecified atom stereocenters. The molecular formula is C29H34O14. The molecule has 14 heteroatoms. The number of hydrogen-bond donors (Lipinski definition) is 8. The van der Waals surface area contributed by atoms with Gasteiger partial charge >= 0.3 is 0 Å². The van der Waals surface area contributed by atoms with E-state index in [9.17, 15) is 45.6 Å². The predicted octanol–water partition coefficient (Wildman–Crippen LogP) is -0.206. The molecule has 2 aromatic rings. The van der Waals surface area contributed by atoms with Gasteiger partial charge in [0, 0.05) is 0 Å². The quantitative estimate of drug-likeness (QED) is 0.151. The first-order valence-electron chi connectivity index (χ1n) is 13.6. The van der Waals surface area contributed by atoms with Crippen molar-refractivity contribution in [3.63, 3.8) is 0 Å². The molecule has 11 atom stereocenters. The van der Waals surface area contributed by atoms with Crippen LogP contribution < -0.4 is 0 Å². The van der Waals surface area contributed by atoms with E-state index >= 15 is 0 Å². The summed E-state index contributed by atoms with van der Waals surface area (Å²) >= 11 is 0. The summed E-state index contributed by atoms with van der Waals surface area (Å²) in [4.78, 5) is 13.5. The Labute approximate surface area is 245 Å². The smallest absolute Gasteiger partial charge is 0.186 e. The maximum absolute atomic E-state index is 13.5. The van der Waals surface area contributed by atoms with Gasteiger partial charge in [-0.05, 0) is 48.4 Å². The molecule has 3 heterocycles. The van der Waals surface area contributed by atoms with Gasteiger partial charge in [0.05, 0.1) is 37.4 Å². The highest BCUT2D eigenvalue weighted by Crippen LogP contribution is 2.39. The Balaban J connectivity index is 1.36. The number of fused-ring (bicyclic) bond motifs is 1. The Kier molecular flexibility index (Phi) is 9.22. The van der Waals surface area contributed by atoms with Gasteiger partial charge in [0.25, 0.3) is 0 Å². The van der Waals surface area contributed by atoms with Crippen LogP contribution >= 0.6 is 0 Å². The van der Waals surface area contributed by atoms with Crippen molar-refractivity contribution in [2.45, 2.75) is 68.3 Å². The number of benzene rings is 2. The maximum atomic E-state index is 13.5. The molecule has 3 aliphatic rings. The van der Waals surface area contributed by atoms with Gasteiger partial charge in [-0.1, -0.05) is 18.2 Å². The van der Waals surface area contributed by atoms with E-state index in [1.54, 1.807) is 0 Å². The second-order valence-electron chi connectivity index (χ2n) is 10.7. The van der Waals surface area contributed by atoms with Crippen LogP contribution in [0.25, 0.3) is 6.08 Å². The first-order valence-corrected chi connectivity index (χ1v) is 13.6. The fraction of sp³-hybridized carbons (Fsp3) is 0.483. The number of aliphatic hydroxyl groups is 4. The number of ether oxygens (including phenoxy) is 5. The van der Waals surface area contributed by atoms with E-state index in [4.69, 9.17) is 23.7 Å². The lowest BCUT2D eigenvalue weighted by Gasteiger charge is -2.47. The molecule has 0 aromatic heterocycles. The van der Waals surface area contributed by atoms with E-state index in [1.165, 1.54) is 49.4 Å². The predicted molar refractivity (Wildman–Crippen MR) is 144 cm³/mol. The Morgan fingerprint density at radius 1 is 0.860 bits per heavy atom. The van der Waals surface area contributed by atoms with E-state index < -0.39 is 85.5 Å². The summed E-state index contributed by atoms with van der Waals surface area (Å²) in [6, 6.07) is 8.02. The molecule has 0 bridgehead atoms. The number of phenolic OH excluding ortho intramolecular Hbond substituents is 4. The second kappa shape index (κ2) is 12.7. The van der Waals surface area contributed by atoms with E-state index in [1.807, 2.05) is 0 Å². The van der Waals surface area contributed by atoms with Gasteiger partial charge in [-0.15, -0.1) is 0 Å². The molecule has 234 valence electrons. The standard InChI is InChI=1S/C29H34O14/c1-12-23(35)25(37)26(38)28(41-12)39-11-21-22(17(32)6-3-13-2-5-15(30)18(33)8-13)24(36)27-29(43-21)40-10-20(42-27)14-4-7-16(31)19(34)9-14/h2-9,12,20-31,33-38H,10-11H2,1H3/b6-3+/t12-,20-,21-,22-,23-,24+,25+,26+,27+,28+,29-/m0/s1. The number of carbonyl (C=O) groups excluding carboxylic acids is 1. The number of phenols is 4. The van der Waals surface area contributed by atoms with Gasteiger partial charge in [-0.25, -0.2) is 0 Å². The normalized spacial score (nSPS) is 36.3. The fourth-order valence-electron chi connectivity index (χ4n) is 5.29. The average molecular weight is 607 g/mol. The zero-order chi connectivity index (χ0) is 31.0. The molecule has 5 rings (SSSR count). The molecule has 0 amide bonds. The first kappa shape index (κ1) is 31.1. The minimum Gasteiger partial charge on any atom is -0.504 e. The molecule has 0 saturated carbocycles. The summed E-state index contributed by atoms with van der Waals surface area (Å²) in [5.41, 5.74) is 0.824. The van der Waals surface area contributed by atoms with Crippen LogP contribution in [0.15, 0.2) is 42.5 Å². The zero-order valence-corrected chi connectivity index (χ0v) is 22.9. The van der Waals surface area contributed by atoms with Gasteiger partial charge in [0.2, 0.25) is 0 Å². The third-order valence-corrected chi connectivity index (χ3v) is 7.79. The minimum absolute atomic E-state index is 0.0550. The van der Waals surface area contributed by atoms with Crippen LogP contribution in [0.4, 0.5) is 0 Å². The summed E-state index contributed by atoms with van der Waals surface area (Å²) < 4.78 is 29.0. The number of aromatic hydroxyl groups is 4. The van der Waals surface area contributed by atoms with Gasteiger partial charge < -0.3 is 64.5 Å². The van der Waals surface area contributed by atoms with Gasteiger partial charge in [-0.3, -0.25) is 4.79 Å². The van der Waals surface area contributed by atoms with Crippen molar-refractivity contribution in [1.82, 2.24) is 0 Å². The van der Waals surface area contributed by atoms with Gasteiger partial charge in [-0.2, -0.15) is 0 Å². The number of allylic oxidation sites excluding steroid dienone is 1. The number of ketones is 1. The number of carbonyl (C=O) groups is 1. The molecule has 14 nitrogen and oxygen atoms in total. The highest BCUT2D eigenvalue weighted by atomic mass is 16.7. The summed E-state index contributed by atoms with van der Waals surface area (Å²) in [5, 5.41) is 80.8. The van der Waals surface area contributed by atoms with Crippen LogP contribution in [-0.4, -0.2) is 115 Å². The average Bonchev–Trinajstić information content (AvgIpc) is 2.99. The number of rotatable bonds is 7. The van der Waals surface area contributed by atoms with Crippen LogP contribution in [0.1, 0.15) is 24.2 Å². The molecule has 8 N–H and O–H groups in total. The lowest BCUT2D eigenvalue weighted by atomic mass is 9.84. The van der Waals surface area contributed by atoms with Crippen LogP contribution in [0, 0.1) is 5.92 Å². The molecule has 2 aromatic carbocycles. The third kappa shape index (κ3) is 6.47. The Bertz CT molecular complexity index is 1330. The van der Waals surface area contributed by atoms with Crippen LogP contribution in [0.3, 0.4) is 0 Å². The van der Waals surface area contributed by atoms with E-state index in [0.29, 0.717) is 11.1 Å². The van der Waals surface area contributed by atoms with Crippen molar-refractivity contribution in [2.24, 2.45) is 5.92 Å². The van der Waals surface area contributed by atoms with Gasteiger partial charge in [0.1, 0.15) is 30.5 Å². The first-order chi connectivity index (χ1) is 20.4. The summed E-state index contributed by atoms with van der Waals surface area (Å²) in [6.45, 7) is 1.03. The van der Waals surface area contributed by atoms with Crippen LogP contribution in [0.2, 0.25) is 0 Å². The summed E-state index contributed by atoms with van der Waals surface area (Å²) in [6.07, 6.45) is -10.0. The lowest BCUT2D eigenvalue weighted by Crippen LogP contribution is -2.62. The van der Waals surface area contributed by atoms with Crippen molar-refractivity contribution in [2.75, 3.05) is 13.2 Å². The van der Waals surface area contributed by atoms with Crippen molar-refractivity contribution in [3.05, 3.63) is 53.6 Å². The highest BCUT2D eigenvalue weighted by Gasteiger charge is 2.52. The van der Waals surface area contributed by atoms with Gasteiger partial charge in [0.15, 0.2) is 41.4 Å². The molecule has 3 fully saturated rings. The molecule has 43 heavy (non-hydrogen) atoms. The largest absolute Gasteiger partial charge is 0.504 e. The van der Waals surface area contributed by atoms with E-state index in [-0.39, 0.29) is 23.9 Å².